The molecule has 0 aliphatic rings. The summed E-state index contributed by atoms with van der Waals surface area (Å²) in [6.45, 7) is 1.77. The molecule has 42 heavy (non-hydrogen) atoms. The van der Waals surface area contributed by atoms with Gasteiger partial charge in [-0.3, -0.25) is 14.4 Å². The van der Waals surface area contributed by atoms with Crippen molar-refractivity contribution in [3.05, 3.63) is 125 Å². The zero-order valence-electron chi connectivity index (χ0n) is 23.0. The summed E-state index contributed by atoms with van der Waals surface area (Å²) in [5.41, 5.74) is 4.34. The Morgan fingerprint density at radius 2 is 1.52 bits per heavy atom. The average Bonchev–Trinajstić information content (AvgIpc) is 3.47. The second-order valence-electron chi connectivity index (χ2n) is 10.1. The van der Waals surface area contributed by atoms with Crippen molar-refractivity contribution < 1.29 is 18.8 Å². The van der Waals surface area contributed by atoms with Crippen LogP contribution in [-0.4, -0.2) is 35.2 Å². The molecule has 0 saturated carbocycles. The van der Waals surface area contributed by atoms with Gasteiger partial charge >= 0.3 is 0 Å². The number of ketones is 1. The summed E-state index contributed by atoms with van der Waals surface area (Å²) >= 11 is 6.32. The van der Waals surface area contributed by atoms with E-state index in [-0.39, 0.29) is 18.4 Å². The summed E-state index contributed by atoms with van der Waals surface area (Å²) in [6, 6.07) is 30.7. The third-order valence-corrected chi connectivity index (χ3v) is 7.50. The fourth-order valence-corrected chi connectivity index (χ4v) is 4.97. The van der Waals surface area contributed by atoms with Gasteiger partial charge in [0.05, 0.1) is 6.54 Å². The minimum absolute atomic E-state index is 0.0756. The van der Waals surface area contributed by atoms with Crippen molar-refractivity contribution in [2.45, 2.75) is 31.7 Å². The van der Waals surface area contributed by atoms with Crippen molar-refractivity contribution in [1.29, 1.82) is 0 Å². The van der Waals surface area contributed by atoms with E-state index < -0.39 is 23.6 Å². The van der Waals surface area contributed by atoms with Crippen LogP contribution in [0.25, 0.3) is 22.2 Å². The Morgan fingerprint density at radius 3 is 2.26 bits per heavy atom. The van der Waals surface area contributed by atoms with Crippen LogP contribution in [0.1, 0.15) is 52.3 Å². The number of para-hydroxylation sites is 2. The molecule has 5 aromatic rings. The second-order valence-corrected chi connectivity index (χ2v) is 10.5. The first-order chi connectivity index (χ1) is 20.4. The minimum atomic E-state index is -0.858. The SMILES string of the molecule is CC(CCC(NC(=O)c1ccc(-c2ccccc2Cl)cc1)C(=O)NCC(=O)c1nc2ccccc2o1)c1ccccc1. The molecule has 8 heteroatoms. The summed E-state index contributed by atoms with van der Waals surface area (Å²) in [7, 11) is 0. The predicted octanol–water partition coefficient (Wildman–Crippen LogP) is 6.83. The number of hydrogen-bond donors (Lipinski definition) is 2. The van der Waals surface area contributed by atoms with Gasteiger partial charge in [0.15, 0.2) is 5.58 Å². The molecule has 2 amide bonds. The van der Waals surface area contributed by atoms with E-state index >= 15 is 0 Å². The average molecular weight is 580 g/mol. The van der Waals surface area contributed by atoms with Crippen molar-refractivity contribution in [3.8, 4) is 11.1 Å². The number of Topliss-reactive ketones (excluding diaryl/α,β-unsaturated/α-hetero) is 1. The van der Waals surface area contributed by atoms with Crippen LogP contribution in [0.15, 0.2) is 108 Å². The van der Waals surface area contributed by atoms with Gasteiger partial charge in [-0.05, 0) is 60.2 Å². The first-order valence-electron chi connectivity index (χ1n) is 13.8. The molecule has 0 aliphatic carbocycles. The number of rotatable bonds is 11. The van der Waals surface area contributed by atoms with E-state index in [9.17, 15) is 14.4 Å². The summed E-state index contributed by atoms with van der Waals surface area (Å²) in [4.78, 5) is 43.5. The van der Waals surface area contributed by atoms with Crippen molar-refractivity contribution >= 4 is 40.3 Å². The third-order valence-electron chi connectivity index (χ3n) is 7.17. The molecule has 2 N–H and O–H groups in total. The van der Waals surface area contributed by atoms with Crippen LogP contribution in [0.4, 0.5) is 0 Å². The summed E-state index contributed by atoms with van der Waals surface area (Å²) in [6.07, 6.45) is 1.02. The lowest BCUT2D eigenvalue weighted by Crippen LogP contribution is -2.48. The zero-order valence-corrected chi connectivity index (χ0v) is 23.8. The number of carbonyl (C=O) groups is 3. The van der Waals surface area contributed by atoms with Gasteiger partial charge in [-0.1, -0.05) is 91.3 Å². The Morgan fingerprint density at radius 1 is 0.833 bits per heavy atom. The number of benzene rings is 4. The lowest BCUT2D eigenvalue weighted by molar-refractivity contribution is -0.123. The molecule has 7 nitrogen and oxygen atoms in total. The number of oxazole rings is 1. The van der Waals surface area contributed by atoms with E-state index in [1.165, 1.54) is 0 Å². The summed E-state index contributed by atoms with van der Waals surface area (Å²) in [5.74, 6) is -1.22. The highest BCUT2D eigenvalue weighted by molar-refractivity contribution is 6.33. The van der Waals surface area contributed by atoms with Crippen molar-refractivity contribution in [2.24, 2.45) is 0 Å². The molecule has 0 bridgehead atoms. The lowest BCUT2D eigenvalue weighted by atomic mass is 9.94. The normalized spacial score (nSPS) is 12.4. The highest BCUT2D eigenvalue weighted by atomic mass is 35.5. The fraction of sp³-hybridized carbons (Fsp3) is 0.176. The first-order valence-corrected chi connectivity index (χ1v) is 14.1. The quantitative estimate of drug-likeness (QED) is 0.167. The fourth-order valence-electron chi connectivity index (χ4n) is 4.73. The number of fused-ring (bicyclic) bond motifs is 1. The molecule has 0 aliphatic heterocycles. The maximum atomic E-state index is 13.3. The molecule has 0 spiro atoms. The predicted molar refractivity (Wildman–Crippen MR) is 164 cm³/mol. The molecule has 1 heterocycles. The van der Waals surface area contributed by atoms with Crippen LogP contribution in [0.2, 0.25) is 5.02 Å². The lowest BCUT2D eigenvalue weighted by Gasteiger charge is -2.20. The van der Waals surface area contributed by atoms with Gasteiger partial charge < -0.3 is 15.1 Å². The van der Waals surface area contributed by atoms with Gasteiger partial charge in [-0.15, -0.1) is 0 Å². The maximum absolute atomic E-state index is 13.3. The number of halogens is 1. The smallest absolute Gasteiger partial charge is 0.266 e. The molecular formula is C34H30ClN3O4. The molecule has 4 aromatic carbocycles. The monoisotopic (exact) mass is 579 g/mol. The maximum Gasteiger partial charge on any atom is 0.266 e. The van der Waals surface area contributed by atoms with Gasteiger partial charge in [-0.25, -0.2) is 4.98 Å². The Bertz CT molecular complexity index is 1670. The number of nitrogens with one attached hydrogen (secondary N) is 2. The van der Waals surface area contributed by atoms with Crippen LogP contribution < -0.4 is 10.6 Å². The third kappa shape index (κ3) is 6.93. The molecule has 1 aromatic heterocycles. The number of carbonyl (C=O) groups excluding carboxylic acids is 3. The van der Waals surface area contributed by atoms with Crippen molar-refractivity contribution in [1.82, 2.24) is 15.6 Å². The standard InChI is InChI=1S/C34H30ClN3O4/c1-22(23-9-3-2-4-10-23)15-20-29(33(41)36-21-30(39)34-38-28-13-7-8-14-31(28)42-34)37-32(40)25-18-16-24(17-19-25)26-11-5-6-12-27(26)35/h2-14,16-19,22,29H,15,20-21H2,1H3,(H,36,41)(H,37,40). The molecule has 2 unspecified atom stereocenters. The number of amides is 2. The Hall–Kier alpha value is -4.75. The van der Waals surface area contributed by atoms with Gasteiger partial charge in [0.1, 0.15) is 11.6 Å². The van der Waals surface area contributed by atoms with Crippen LogP contribution in [-0.2, 0) is 4.79 Å². The Kier molecular flexibility index (Phi) is 9.09. The van der Waals surface area contributed by atoms with Crippen LogP contribution in [0.5, 0.6) is 0 Å². The van der Waals surface area contributed by atoms with Crippen molar-refractivity contribution in [2.75, 3.05) is 6.54 Å². The van der Waals surface area contributed by atoms with Gasteiger partial charge in [0.2, 0.25) is 11.7 Å². The summed E-state index contributed by atoms with van der Waals surface area (Å²) in [5, 5.41) is 6.15. The van der Waals surface area contributed by atoms with Crippen molar-refractivity contribution in [3.63, 3.8) is 0 Å². The molecular weight excluding hydrogens is 550 g/mol. The van der Waals surface area contributed by atoms with Gasteiger partial charge in [0.25, 0.3) is 11.8 Å². The largest absolute Gasteiger partial charge is 0.434 e. The highest BCUT2D eigenvalue weighted by Crippen LogP contribution is 2.28. The van der Waals surface area contributed by atoms with E-state index in [0.29, 0.717) is 34.5 Å². The topological polar surface area (TPSA) is 101 Å². The Labute approximate surface area is 248 Å². The zero-order chi connectivity index (χ0) is 29.5. The Balaban J connectivity index is 1.27. The number of aromatic nitrogens is 1. The molecule has 212 valence electrons. The van der Waals surface area contributed by atoms with Gasteiger partial charge in [-0.2, -0.15) is 0 Å². The number of nitrogens with zero attached hydrogens (tertiary/aromatic N) is 1. The molecule has 5 rings (SSSR count). The van der Waals surface area contributed by atoms with Crippen LogP contribution >= 0.6 is 11.6 Å². The van der Waals surface area contributed by atoms with E-state index in [1.54, 1.807) is 36.4 Å². The van der Waals surface area contributed by atoms with Gasteiger partial charge in [0, 0.05) is 16.1 Å². The minimum Gasteiger partial charge on any atom is -0.434 e. The van der Waals surface area contributed by atoms with E-state index in [2.05, 4.69) is 22.5 Å². The highest BCUT2D eigenvalue weighted by Gasteiger charge is 2.24. The van der Waals surface area contributed by atoms with Crippen LogP contribution in [0, 0.1) is 0 Å². The second kappa shape index (κ2) is 13.3. The van der Waals surface area contributed by atoms with E-state index in [1.807, 2.05) is 66.7 Å². The molecule has 0 radical (unpaired) electrons. The number of hydrogen-bond acceptors (Lipinski definition) is 5. The van der Waals surface area contributed by atoms with Crippen LogP contribution in [0.3, 0.4) is 0 Å². The van der Waals surface area contributed by atoms with E-state index in [4.69, 9.17) is 16.0 Å². The molecule has 2 atom stereocenters. The first kappa shape index (κ1) is 28.8. The molecule has 0 fully saturated rings. The van der Waals surface area contributed by atoms with E-state index in [0.717, 1.165) is 16.7 Å². The molecule has 0 saturated heterocycles. The summed E-state index contributed by atoms with van der Waals surface area (Å²) < 4.78 is 5.53.